The fraction of sp³-hybridized carbons (Fsp3) is 0. The van der Waals surface area contributed by atoms with Crippen molar-refractivity contribution in [2.24, 2.45) is 0 Å². The summed E-state index contributed by atoms with van der Waals surface area (Å²) in [5.41, 5.74) is 5.54. The SMILES string of the molecule is Nc1cncc(Sc2ccc(Br)cc2)n1. The molecule has 0 saturated carbocycles. The lowest BCUT2D eigenvalue weighted by Gasteiger charge is -2.00. The standard InChI is InChI=1S/C10H8BrN3S/c11-7-1-3-8(4-2-7)15-10-6-13-5-9(12)14-10/h1-6H,(H2,12,14). The van der Waals surface area contributed by atoms with E-state index in [1.807, 2.05) is 24.3 Å². The minimum absolute atomic E-state index is 0.442. The number of hydrogen-bond acceptors (Lipinski definition) is 4. The summed E-state index contributed by atoms with van der Waals surface area (Å²) in [6.45, 7) is 0. The van der Waals surface area contributed by atoms with Crippen LogP contribution in [-0.2, 0) is 0 Å². The van der Waals surface area contributed by atoms with Gasteiger partial charge in [0.2, 0.25) is 0 Å². The molecule has 76 valence electrons. The van der Waals surface area contributed by atoms with Gasteiger partial charge in [-0.05, 0) is 24.3 Å². The maximum Gasteiger partial charge on any atom is 0.143 e. The Morgan fingerprint density at radius 1 is 1.13 bits per heavy atom. The van der Waals surface area contributed by atoms with Gasteiger partial charge in [0.05, 0.1) is 12.4 Å². The summed E-state index contributed by atoms with van der Waals surface area (Å²) in [6, 6.07) is 8.00. The molecule has 0 aliphatic rings. The van der Waals surface area contributed by atoms with Gasteiger partial charge >= 0.3 is 0 Å². The van der Waals surface area contributed by atoms with Crippen LogP contribution in [0.3, 0.4) is 0 Å². The maximum atomic E-state index is 5.54. The molecule has 1 aromatic heterocycles. The van der Waals surface area contributed by atoms with Gasteiger partial charge in [-0.1, -0.05) is 27.7 Å². The molecule has 0 saturated heterocycles. The fourth-order valence-electron chi connectivity index (χ4n) is 1.03. The zero-order valence-electron chi connectivity index (χ0n) is 7.72. The third-order valence-electron chi connectivity index (χ3n) is 1.67. The number of halogens is 1. The summed E-state index contributed by atoms with van der Waals surface area (Å²) in [5.74, 6) is 0.442. The Balaban J connectivity index is 2.18. The van der Waals surface area contributed by atoms with Gasteiger partial charge in [0.1, 0.15) is 10.8 Å². The summed E-state index contributed by atoms with van der Waals surface area (Å²) < 4.78 is 1.06. The van der Waals surface area contributed by atoms with Crippen LogP contribution in [0.1, 0.15) is 0 Å². The number of nitrogens with two attached hydrogens (primary N) is 1. The summed E-state index contributed by atoms with van der Waals surface area (Å²) >= 11 is 4.92. The van der Waals surface area contributed by atoms with Crippen LogP contribution in [0.2, 0.25) is 0 Å². The number of aromatic nitrogens is 2. The van der Waals surface area contributed by atoms with Crippen molar-refractivity contribution < 1.29 is 0 Å². The van der Waals surface area contributed by atoms with Crippen molar-refractivity contribution in [1.82, 2.24) is 9.97 Å². The van der Waals surface area contributed by atoms with E-state index in [1.165, 1.54) is 18.0 Å². The molecule has 5 heteroatoms. The Morgan fingerprint density at radius 3 is 2.53 bits per heavy atom. The van der Waals surface area contributed by atoms with Gasteiger partial charge in [0.25, 0.3) is 0 Å². The molecule has 2 aromatic rings. The fourth-order valence-corrected chi connectivity index (χ4v) is 2.08. The molecule has 3 nitrogen and oxygen atoms in total. The van der Waals surface area contributed by atoms with E-state index in [-0.39, 0.29) is 0 Å². The predicted octanol–water partition coefficient (Wildman–Crippen LogP) is 2.97. The first-order chi connectivity index (χ1) is 7.24. The molecule has 2 N–H and O–H groups in total. The molecule has 15 heavy (non-hydrogen) atoms. The quantitative estimate of drug-likeness (QED) is 0.920. The summed E-state index contributed by atoms with van der Waals surface area (Å²) in [5, 5.41) is 0.803. The first-order valence-corrected chi connectivity index (χ1v) is 5.86. The molecule has 1 heterocycles. The first kappa shape index (κ1) is 10.4. The molecule has 0 atom stereocenters. The van der Waals surface area contributed by atoms with Crippen molar-refractivity contribution in [2.75, 3.05) is 5.73 Å². The molecule has 0 unspecified atom stereocenters. The van der Waals surface area contributed by atoms with Crippen LogP contribution >= 0.6 is 27.7 Å². The van der Waals surface area contributed by atoms with E-state index < -0.39 is 0 Å². The lowest BCUT2D eigenvalue weighted by atomic mass is 10.4. The summed E-state index contributed by atoms with van der Waals surface area (Å²) in [4.78, 5) is 9.25. The molecule has 0 fully saturated rings. The van der Waals surface area contributed by atoms with Gasteiger partial charge in [-0.3, -0.25) is 4.98 Å². The van der Waals surface area contributed by atoms with E-state index >= 15 is 0 Å². The van der Waals surface area contributed by atoms with E-state index in [4.69, 9.17) is 5.73 Å². The van der Waals surface area contributed by atoms with Crippen molar-refractivity contribution in [3.63, 3.8) is 0 Å². The average Bonchev–Trinajstić information content (AvgIpc) is 2.22. The molecule has 2 rings (SSSR count). The van der Waals surface area contributed by atoms with E-state index in [0.29, 0.717) is 5.82 Å². The Bertz CT molecular complexity index is 458. The van der Waals surface area contributed by atoms with E-state index in [0.717, 1.165) is 14.4 Å². The number of nitrogen functional groups attached to an aromatic ring is 1. The Hall–Kier alpha value is -1.07. The highest BCUT2D eigenvalue weighted by molar-refractivity contribution is 9.10. The van der Waals surface area contributed by atoms with E-state index in [2.05, 4.69) is 25.9 Å². The highest BCUT2D eigenvalue weighted by atomic mass is 79.9. The van der Waals surface area contributed by atoms with E-state index in [1.54, 1.807) is 6.20 Å². The molecular formula is C10H8BrN3S. The molecule has 0 amide bonds. The van der Waals surface area contributed by atoms with Gasteiger partial charge in [0.15, 0.2) is 0 Å². The number of benzene rings is 1. The molecule has 0 aliphatic carbocycles. The zero-order chi connectivity index (χ0) is 10.7. The van der Waals surface area contributed by atoms with Crippen molar-refractivity contribution in [1.29, 1.82) is 0 Å². The van der Waals surface area contributed by atoms with E-state index in [9.17, 15) is 0 Å². The first-order valence-electron chi connectivity index (χ1n) is 4.25. The number of rotatable bonds is 2. The summed E-state index contributed by atoms with van der Waals surface area (Å²) in [7, 11) is 0. The number of hydrogen-bond donors (Lipinski definition) is 1. The molecule has 0 radical (unpaired) electrons. The summed E-state index contributed by atoms with van der Waals surface area (Å²) in [6.07, 6.45) is 3.23. The Kier molecular flexibility index (Phi) is 3.23. The topological polar surface area (TPSA) is 51.8 Å². The molecule has 0 spiro atoms. The van der Waals surface area contributed by atoms with Crippen molar-refractivity contribution >= 4 is 33.5 Å². The van der Waals surface area contributed by atoms with Crippen molar-refractivity contribution in [2.45, 2.75) is 9.92 Å². The molecule has 0 aliphatic heterocycles. The molecule has 0 bridgehead atoms. The predicted molar refractivity (Wildman–Crippen MR) is 64.7 cm³/mol. The van der Waals surface area contributed by atoms with Crippen LogP contribution < -0.4 is 5.73 Å². The van der Waals surface area contributed by atoms with Gasteiger partial charge in [-0.25, -0.2) is 4.98 Å². The van der Waals surface area contributed by atoms with Crippen LogP contribution in [0.25, 0.3) is 0 Å². The minimum atomic E-state index is 0.442. The lowest BCUT2D eigenvalue weighted by molar-refractivity contribution is 1.07. The number of nitrogens with zero attached hydrogens (tertiary/aromatic N) is 2. The highest BCUT2D eigenvalue weighted by Gasteiger charge is 1.99. The van der Waals surface area contributed by atoms with Crippen LogP contribution in [0, 0.1) is 0 Å². The van der Waals surface area contributed by atoms with Crippen molar-refractivity contribution in [3.8, 4) is 0 Å². The Labute approximate surface area is 100 Å². The zero-order valence-corrected chi connectivity index (χ0v) is 10.1. The third kappa shape index (κ3) is 2.94. The van der Waals surface area contributed by atoms with Crippen LogP contribution in [0.5, 0.6) is 0 Å². The van der Waals surface area contributed by atoms with Gasteiger partial charge in [0, 0.05) is 9.37 Å². The van der Waals surface area contributed by atoms with Crippen molar-refractivity contribution in [3.05, 3.63) is 41.1 Å². The third-order valence-corrected chi connectivity index (χ3v) is 3.11. The number of anilines is 1. The molecule has 1 aromatic carbocycles. The second-order valence-electron chi connectivity index (χ2n) is 2.84. The van der Waals surface area contributed by atoms with Gasteiger partial charge in [-0.2, -0.15) is 0 Å². The smallest absolute Gasteiger partial charge is 0.143 e. The second-order valence-corrected chi connectivity index (χ2v) is 4.85. The van der Waals surface area contributed by atoms with Gasteiger partial charge < -0.3 is 5.73 Å². The minimum Gasteiger partial charge on any atom is -0.382 e. The van der Waals surface area contributed by atoms with Crippen LogP contribution in [0.15, 0.2) is 51.1 Å². The normalized spacial score (nSPS) is 10.2. The van der Waals surface area contributed by atoms with Gasteiger partial charge in [-0.15, -0.1) is 0 Å². The monoisotopic (exact) mass is 281 g/mol. The average molecular weight is 282 g/mol. The Morgan fingerprint density at radius 2 is 1.87 bits per heavy atom. The largest absolute Gasteiger partial charge is 0.382 e. The van der Waals surface area contributed by atoms with Crippen LogP contribution in [-0.4, -0.2) is 9.97 Å². The maximum absolute atomic E-state index is 5.54. The second kappa shape index (κ2) is 4.63. The lowest BCUT2D eigenvalue weighted by Crippen LogP contribution is -1.91. The molecular weight excluding hydrogens is 274 g/mol. The highest BCUT2D eigenvalue weighted by Crippen LogP contribution is 2.26. The van der Waals surface area contributed by atoms with Crippen LogP contribution in [0.4, 0.5) is 5.82 Å².